The molecule has 1 aromatic rings. The van der Waals surface area contributed by atoms with E-state index in [4.69, 9.17) is 21.1 Å². The summed E-state index contributed by atoms with van der Waals surface area (Å²) in [5.74, 6) is 0.185. The van der Waals surface area contributed by atoms with Crippen molar-refractivity contribution in [2.45, 2.75) is 13.2 Å². The van der Waals surface area contributed by atoms with E-state index >= 15 is 0 Å². The highest BCUT2D eigenvalue weighted by molar-refractivity contribution is 6.30. The fourth-order valence-corrected chi connectivity index (χ4v) is 1.13. The molecule has 0 amide bonds. The molecule has 4 nitrogen and oxygen atoms in total. The first-order valence-corrected chi connectivity index (χ1v) is 5.61. The van der Waals surface area contributed by atoms with Crippen LogP contribution in [0.15, 0.2) is 24.3 Å². The maximum Gasteiger partial charge on any atom is 0.345 e. The number of carbonyl (C=O) groups is 1. The Morgan fingerprint density at radius 2 is 1.89 bits per heavy atom. The normalized spacial score (nSPS) is 11.6. The zero-order valence-electron chi connectivity index (χ0n) is 10.6. The van der Waals surface area contributed by atoms with Gasteiger partial charge in [-0.25, -0.2) is 4.79 Å². The maximum atomic E-state index is 11.4. The van der Waals surface area contributed by atoms with Crippen molar-refractivity contribution in [3.8, 4) is 5.75 Å². The molecule has 1 rings (SSSR count). The first-order valence-electron chi connectivity index (χ1n) is 5.23. The molecular formula is C12H17Cl2NO3. The lowest BCUT2D eigenvalue weighted by molar-refractivity contribution is -0.157. The maximum absolute atomic E-state index is 11.4. The van der Waals surface area contributed by atoms with Gasteiger partial charge in [-0.2, -0.15) is 0 Å². The Hall–Kier alpha value is -0.970. The van der Waals surface area contributed by atoms with E-state index in [0.29, 0.717) is 10.8 Å². The predicted molar refractivity (Wildman–Crippen MR) is 73.4 cm³/mol. The minimum Gasteiger partial charge on any atom is -0.482 e. The molecule has 0 N–H and O–H groups in total. The molecular weight excluding hydrogens is 277 g/mol. The molecule has 1 aromatic carbocycles. The first-order chi connectivity index (χ1) is 7.99. The van der Waals surface area contributed by atoms with Crippen LogP contribution in [-0.2, 0) is 9.53 Å². The summed E-state index contributed by atoms with van der Waals surface area (Å²) >= 11 is 5.73. The van der Waals surface area contributed by atoms with Crippen LogP contribution in [-0.4, -0.2) is 37.8 Å². The molecule has 1 unspecified atom stereocenters. The van der Waals surface area contributed by atoms with Crippen molar-refractivity contribution in [1.29, 1.82) is 0 Å². The Bertz CT molecular complexity index is 368. The van der Waals surface area contributed by atoms with Gasteiger partial charge in [-0.3, -0.25) is 4.90 Å². The van der Waals surface area contributed by atoms with E-state index in [0.717, 1.165) is 0 Å². The van der Waals surface area contributed by atoms with Crippen LogP contribution in [0.25, 0.3) is 0 Å². The van der Waals surface area contributed by atoms with Gasteiger partial charge in [0, 0.05) is 5.02 Å². The molecule has 0 spiro atoms. The summed E-state index contributed by atoms with van der Waals surface area (Å²) in [6.07, 6.45) is -0.267. The lowest BCUT2D eigenvalue weighted by Crippen LogP contribution is -2.31. The van der Waals surface area contributed by atoms with Crippen LogP contribution in [0.4, 0.5) is 0 Å². The van der Waals surface area contributed by atoms with Crippen LogP contribution < -0.4 is 4.74 Å². The largest absolute Gasteiger partial charge is 0.482 e. The number of esters is 1. The highest BCUT2D eigenvalue weighted by Gasteiger charge is 2.11. The SMILES string of the molecule is CC(OC(=O)COc1ccc(Cl)cc1)N(C)C.Cl. The molecule has 0 radical (unpaired) electrons. The van der Waals surface area contributed by atoms with E-state index in [1.54, 1.807) is 36.1 Å². The average Bonchev–Trinajstić information content (AvgIpc) is 2.28. The lowest BCUT2D eigenvalue weighted by atomic mass is 10.3. The third kappa shape index (κ3) is 6.10. The van der Waals surface area contributed by atoms with Crippen LogP contribution in [0.5, 0.6) is 5.75 Å². The topological polar surface area (TPSA) is 38.8 Å². The number of hydrogen-bond donors (Lipinski definition) is 0. The van der Waals surface area contributed by atoms with Gasteiger partial charge in [-0.05, 0) is 45.3 Å². The van der Waals surface area contributed by atoms with Crippen molar-refractivity contribution < 1.29 is 14.3 Å². The summed E-state index contributed by atoms with van der Waals surface area (Å²) in [6.45, 7) is 1.68. The second kappa shape index (κ2) is 8.19. The van der Waals surface area contributed by atoms with Crippen LogP contribution in [0.2, 0.25) is 5.02 Å². The molecule has 0 aromatic heterocycles. The van der Waals surface area contributed by atoms with Crippen molar-refractivity contribution in [1.82, 2.24) is 4.90 Å². The fourth-order valence-electron chi connectivity index (χ4n) is 1.00. The van der Waals surface area contributed by atoms with E-state index < -0.39 is 5.97 Å². The Morgan fingerprint density at radius 3 is 2.39 bits per heavy atom. The van der Waals surface area contributed by atoms with Crippen molar-refractivity contribution in [3.63, 3.8) is 0 Å². The molecule has 1 atom stereocenters. The summed E-state index contributed by atoms with van der Waals surface area (Å²) in [5, 5.41) is 0.626. The van der Waals surface area contributed by atoms with Gasteiger partial charge in [0.1, 0.15) is 5.75 Å². The standard InChI is InChI=1S/C12H16ClNO3.ClH/c1-9(14(2)3)17-12(15)8-16-11-6-4-10(13)5-7-11;/h4-7,9H,8H2,1-3H3;1H. The van der Waals surface area contributed by atoms with Gasteiger partial charge in [0.15, 0.2) is 12.8 Å². The third-order valence-electron chi connectivity index (χ3n) is 2.20. The second-order valence-electron chi connectivity index (χ2n) is 3.80. The van der Waals surface area contributed by atoms with Crippen molar-refractivity contribution in [2.75, 3.05) is 20.7 Å². The van der Waals surface area contributed by atoms with Crippen LogP contribution in [0.3, 0.4) is 0 Å². The molecule has 0 bridgehead atoms. The van der Waals surface area contributed by atoms with E-state index in [9.17, 15) is 4.79 Å². The molecule has 0 aliphatic rings. The first kappa shape index (κ1) is 17.0. The Morgan fingerprint density at radius 1 is 1.33 bits per heavy atom. The molecule has 0 fully saturated rings. The van der Waals surface area contributed by atoms with Gasteiger partial charge >= 0.3 is 5.97 Å². The van der Waals surface area contributed by atoms with Crippen LogP contribution >= 0.6 is 24.0 Å². The summed E-state index contributed by atoms with van der Waals surface area (Å²) in [6, 6.07) is 6.80. The zero-order valence-corrected chi connectivity index (χ0v) is 12.1. The number of ether oxygens (including phenoxy) is 2. The molecule has 0 aliphatic carbocycles. The molecule has 6 heteroatoms. The quantitative estimate of drug-likeness (QED) is 0.618. The van der Waals surface area contributed by atoms with Gasteiger partial charge in [-0.1, -0.05) is 11.6 Å². The van der Waals surface area contributed by atoms with Crippen molar-refractivity contribution in [2.24, 2.45) is 0 Å². The van der Waals surface area contributed by atoms with E-state index in [1.165, 1.54) is 0 Å². The number of rotatable bonds is 5. The average molecular weight is 294 g/mol. The zero-order chi connectivity index (χ0) is 12.8. The van der Waals surface area contributed by atoms with Crippen molar-refractivity contribution in [3.05, 3.63) is 29.3 Å². The second-order valence-corrected chi connectivity index (χ2v) is 4.23. The highest BCUT2D eigenvalue weighted by atomic mass is 35.5. The smallest absolute Gasteiger partial charge is 0.345 e. The minimum absolute atomic E-state index is 0. The molecule has 0 saturated carbocycles. The summed E-state index contributed by atoms with van der Waals surface area (Å²) in [5.41, 5.74) is 0. The molecule has 0 heterocycles. The summed E-state index contributed by atoms with van der Waals surface area (Å²) in [7, 11) is 3.66. The van der Waals surface area contributed by atoms with E-state index in [-0.39, 0.29) is 25.2 Å². The van der Waals surface area contributed by atoms with Gasteiger partial charge in [0.05, 0.1) is 0 Å². The number of nitrogens with zero attached hydrogens (tertiary/aromatic N) is 1. The number of carbonyl (C=O) groups excluding carboxylic acids is 1. The van der Waals surface area contributed by atoms with E-state index in [2.05, 4.69) is 0 Å². The summed E-state index contributed by atoms with van der Waals surface area (Å²) in [4.78, 5) is 13.2. The van der Waals surface area contributed by atoms with Gasteiger partial charge in [-0.15, -0.1) is 12.4 Å². The third-order valence-corrected chi connectivity index (χ3v) is 2.45. The lowest BCUT2D eigenvalue weighted by Gasteiger charge is -2.19. The van der Waals surface area contributed by atoms with Gasteiger partial charge in [0.2, 0.25) is 0 Å². The van der Waals surface area contributed by atoms with Gasteiger partial charge < -0.3 is 9.47 Å². The highest BCUT2D eigenvalue weighted by Crippen LogP contribution is 2.15. The van der Waals surface area contributed by atoms with Crippen molar-refractivity contribution >= 4 is 30.0 Å². The minimum atomic E-state index is -0.402. The molecule has 0 saturated heterocycles. The van der Waals surface area contributed by atoms with Crippen LogP contribution in [0.1, 0.15) is 6.92 Å². The number of halogens is 2. The Kier molecular flexibility index (Phi) is 7.75. The Labute approximate surface area is 118 Å². The molecule has 0 aliphatic heterocycles. The van der Waals surface area contributed by atoms with E-state index in [1.807, 2.05) is 14.1 Å². The summed E-state index contributed by atoms with van der Waals surface area (Å²) < 4.78 is 10.3. The molecule has 102 valence electrons. The Balaban J connectivity index is 0.00000289. The predicted octanol–water partition coefficient (Wildman–Crippen LogP) is 2.59. The molecule has 18 heavy (non-hydrogen) atoms. The van der Waals surface area contributed by atoms with Crippen LogP contribution in [0, 0.1) is 0 Å². The fraction of sp³-hybridized carbons (Fsp3) is 0.417. The number of benzene rings is 1. The van der Waals surface area contributed by atoms with Gasteiger partial charge in [0.25, 0.3) is 0 Å². The number of hydrogen-bond acceptors (Lipinski definition) is 4. The monoisotopic (exact) mass is 293 g/mol.